The van der Waals surface area contributed by atoms with Gasteiger partial charge in [0.2, 0.25) is 15.9 Å². The Labute approximate surface area is 139 Å². The van der Waals surface area contributed by atoms with Gasteiger partial charge in [-0.25, -0.2) is 13.1 Å². The molecule has 128 valence electrons. The third-order valence-electron chi connectivity index (χ3n) is 4.05. The lowest BCUT2D eigenvalue weighted by Crippen LogP contribution is -2.46. The molecule has 0 atom stereocenters. The first-order valence-corrected chi connectivity index (χ1v) is 9.63. The maximum absolute atomic E-state index is 12.4. The van der Waals surface area contributed by atoms with E-state index >= 15 is 0 Å². The normalized spacial score (nSPS) is 16.8. The van der Waals surface area contributed by atoms with E-state index in [0.29, 0.717) is 43.2 Å². The number of amides is 1. The van der Waals surface area contributed by atoms with Crippen LogP contribution in [0.15, 0.2) is 29.2 Å². The van der Waals surface area contributed by atoms with Gasteiger partial charge in [-0.1, -0.05) is 26.0 Å². The van der Waals surface area contributed by atoms with Crippen molar-refractivity contribution < 1.29 is 13.2 Å². The molecule has 1 saturated heterocycles. The molecular formula is C17H26N2O3S. The summed E-state index contributed by atoms with van der Waals surface area (Å²) in [5.74, 6) is 0.514. The minimum absolute atomic E-state index is 0.108. The van der Waals surface area contributed by atoms with Gasteiger partial charge in [-0.2, -0.15) is 0 Å². The molecule has 0 aromatic heterocycles. The number of nitrogens with one attached hydrogen (secondary N) is 1. The third kappa shape index (κ3) is 5.04. The Kier molecular flexibility index (Phi) is 5.81. The van der Waals surface area contributed by atoms with E-state index in [4.69, 9.17) is 0 Å². The molecular weight excluding hydrogens is 312 g/mol. The largest absolute Gasteiger partial charge is 0.343 e. The van der Waals surface area contributed by atoms with Gasteiger partial charge < -0.3 is 4.90 Å². The van der Waals surface area contributed by atoms with Crippen molar-refractivity contribution in [1.29, 1.82) is 0 Å². The molecule has 1 fully saturated rings. The molecule has 1 heterocycles. The molecule has 0 aliphatic carbocycles. The van der Waals surface area contributed by atoms with Crippen molar-refractivity contribution in [2.75, 3.05) is 13.1 Å². The van der Waals surface area contributed by atoms with Gasteiger partial charge in [0.05, 0.1) is 4.90 Å². The van der Waals surface area contributed by atoms with E-state index in [-0.39, 0.29) is 11.9 Å². The molecule has 1 aromatic rings. The number of benzene rings is 1. The van der Waals surface area contributed by atoms with Gasteiger partial charge in [0.25, 0.3) is 0 Å². The number of carbonyl (C=O) groups is 1. The van der Waals surface area contributed by atoms with E-state index < -0.39 is 10.0 Å². The number of carbonyl (C=O) groups excluding carboxylic acids is 1. The van der Waals surface area contributed by atoms with Crippen LogP contribution in [0.4, 0.5) is 0 Å². The Bertz CT molecular complexity index is 648. The van der Waals surface area contributed by atoms with Crippen molar-refractivity contribution in [2.24, 2.45) is 5.92 Å². The van der Waals surface area contributed by atoms with E-state index in [1.807, 2.05) is 31.7 Å². The van der Waals surface area contributed by atoms with E-state index in [1.165, 1.54) is 0 Å². The van der Waals surface area contributed by atoms with Crippen LogP contribution in [0.3, 0.4) is 0 Å². The predicted molar refractivity (Wildman–Crippen MR) is 90.6 cm³/mol. The van der Waals surface area contributed by atoms with E-state index in [0.717, 1.165) is 5.56 Å². The number of piperidine rings is 1. The molecule has 2 rings (SSSR count). The molecule has 1 aliphatic rings. The summed E-state index contributed by atoms with van der Waals surface area (Å²) < 4.78 is 27.6. The lowest BCUT2D eigenvalue weighted by molar-refractivity contribution is -0.133. The number of rotatable bonds is 5. The van der Waals surface area contributed by atoms with Crippen molar-refractivity contribution >= 4 is 15.9 Å². The summed E-state index contributed by atoms with van der Waals surface area (Å²) >= 11 is 0. The van der Waals surface area contributed by atoms with Gasteiger partial charge in [0.15, 0.2) is 0 Å². The molecule has 1 aliphatic heterocycles. The Morgan fingerprint density at radius 2 is 1.96 bits per heavy atom. The van der Waals surface area contributed by atoms with Gasteiger partial charge in [-0.3, -0.25) is 4.79 Å². The van der Waals surface area contributed by atoms with Crippen LogP contribution in [-0.4, -0.2) is 38.4 Å². The Morgan fingerprint density at radius 3 is 2.52 bits per heavy atom. The number of aryl methyl sites for hydroxylation is 1. The smallest absolute Gasteiger partial charge is 0.240 e. The highest BCUT2D eigenvalue weighted by Gasteiger charge is 2.26. The number of sulfonamides is 1. The molecule has 5 nitrogen and oxygen atoms in total. The molecule has 0 spiro atoms. The molecule has 1 N–H and O–H groups in total. The van der Waals surface area contributed by atoms with Crippen LogP contribution in [0.1, 0.15) is 38.7 Å². The first-order chi connectivity index (χ1) is 10.8. The van der Waals surface area contributed by atoms with E-state index in [9.17, 15) is 13.2 Å². The van der Waals surface area contributed by atoms with Crippen molar-refractivity contribution in [1.82, 2.24) is 9.62 Å². The summed E-state index contributed by atoms with van der Waals surface area (Å²) in [4.78, 5) is 14.2. The summed E-state index contributed by atoms with van der Waals surface area (Å²) in [7, 11) is -3.49. The molecule has 0 radical (unpaired) electrons. The van der Waals surface area contributed by atoms with E-state index in [2.05, 4.69) is 4.72 Å². The predicted octanol–water partition coefficient (Wildman–Crippen LogP) is 2.31. The lowest BCUT2D eigenvalue weighted by atomic mass is 10.0. The second kappa shape index (κ2) is 7.45. The van der Waals surface area contributed by atoms with Gasteiger partial charge in [-0.15, -0.1) is 0 Å². The van der Waals surface area contributed by atoms with Gasteiger partial charge in [-0.05, 0) is 43.4 Å². The van der Waals surface area contributed by atoms with Crippen LogP contribution in [-0.2, 0) is 14.8 Å². The van der Waals surface area contributed by atoms with Crippen LogP contribution >= 0.6 is 0 Å². The molecule has 1 amide bonds. The van der Waals surface area contributed by atoms with Crippen LogP contribution < -0.4 is 4.72 Å². The van der Waals surface area contributed by atoms with Crippen molar-refractivity contribution in [3.8, 4) is 0 Å². The zero-order valence-electron chi connectivity index (χ0n) is 14.1. The Morgan fingerprint density at radius 1 is 1.30 bits per heavy atom. The highest BCUT2D eigenvalue weighted by molar-refractivity contribution is 7.89. The minimum Gasteiger partial charge on any atom is -0.343 e. The number of hydrogen-bond acceptors (Lipinski definition) is 3. The van der Waals surface area contributed by atoms with Crippen molar-refractivity contribution in [2.45, 2.75) is 51.0 Å². The molecule has 0 saturated carbocycles. The minimum atomic E-state index is -3.49. The Hall–Kier alpha value is -1.40. The SMILES string of the molecule is Cc1cccc(S(=O)(=O)NC2CCN(C(=O)CC(C)C)CC2)c1. The number of likely N-dealkylation sites (tertiary alicyclic amines) is 1. The standard InChI is InChI=1S/C17H26N2O3S/c1-13(2)11-17(20)19-9-7-15(8-10-19)18-23(21,22)16-6-4-5-14(3)12-16/h4-6,12-13,15,18H,7-11H2,1-3H3. The summed E-state index contributed by atoms with van der Waals surface area (Å²) in [6.07, 6.45) is 1.88. The zero-order valence-corrected chi connectivity index (χ0v) is 14.9. The summed E-state index contributed by atoms with van der Waals surface area (Å²) in [6, 6.07) is 6.79. The van der Waals surface area contributed by atoms with Gasteiger partial charge in [0.1, 0.15) is 0 Å². The fourth-order valence-corrected chi connectivity index (χ4v) is 4.20. The zero-order chi connectivity index (χ0) is 17.0. The summed E-state index contributed by atoms with van der Waals surface area (Å²) in [6.45, 7) is 7.16. The molecule has 23 heavy (non-hydrogen) atoms. The summed E-state index contributed by atoms with van der Waals surface area (Å²) in [5.41, 5.74) is 0.918. The lowest BCUT2D eigenvalue weighted by Gasteiger charge is -2.32. The number of nitrogens with zero attached hydrogens (tertiary/aromatic N) is 1. The van der Waals surface area contributed by atoms with Crippen LogP contribution in [0, 0.1) is 12.8 Å². The van der Waals surface area contributed by atoms with Crippen molar-refractivity contribution in [3.63, 3.8) is 0 Å². The second-order valence-electron chi connectivity index (χ2n) is 6.69. The number of hydrogen-bond donors (Lipinski definition) is 1. The third-order valence-corrected chi connectivity index (χ3v) is 5.57. The topological polar surface area (TPSA) is 66.5 Å². The Balaban J connectivity index is 1.92. The molecule has 0 unspecified atom stereocenters. The van der Waals surface area contributed by atoms with Crippen LogP contribution in [0.2, 0.25) is 0 Å². The van der Waals surface area contributed by atoms with Crippen LogP contribution in [0.5, 0.6) is 0 Å². The average molecular weight is 338 g/mol. The first-order valence-electron chi connectivity index (χ1n) is 8.14. The van der Waals surface area contributed by atoms with Gasteiger partial charge in [0, 0.05) is 25.6 Å². The fraction of sp³-hybridized carbons (Fsp3) is 0.588. The highest BCUT2D eigenvalue weighted by Crippen LogP contribution is 2.17. The van der Waals surface area contributed by atoms with Crippen molar-refractivity contribution in [3.05, 3.63) is 29.8 Å². The average Bonchev–Trinajstić information content (AvgIpc) is 2.47. The monoisotopic (exact) mass is 338 g/mol. The molecule has 0 bridgehead atoms. The van der Waals surface area contributed by atoms with Crippen LogP contribution in [0.25, 0.3) is 0 Å². The highest BCUT2D eigenvalue weighted by atomic mass is 32.2. The fourth-order valence-electron chi connectivity index (χ4n) is 2.80. The van der Waals surface area contributed by atoms with Gasteiger partial charge >= 0.3 is 0 Å². The quantitative estimate of drug-likeness (QED) is 0.896. The van der Waals surface area contributed by atoms with E-state index in [1.54, 1.807) is 18.2 Å². The second-order valence-corrected chi connectivity index (χ2v) is 8.40. The first kappa shape index (κ1) is 17.9. The molecule has 1 aromatic carbocycles. The maximum Gasteiger partial charge on any atom is 0.240 e. The summed E-state index contributed by atoms with van der Waals surface area (Å²) in [5, 5.41) is 0. The molecule has 6 heteroatoms. The maximum atomic E-state index is 12.4.